The molecular formula is C15H15Cl2F3N4S. The van der Waals surface area contributed by atoms with Crippen molar-refractivity contribution in [3.05, 3.63) is 45.7 Å². The molecule has 0 aliphatic rings. The van der Waals surface area contributed by atoms with Crippen LogP contribution in [0.5, 0.6) is 0 Å². The number of rotatable bonds is 5. The van der Waals surface area contributed by atoms with Gasteiger partial charge in [0, 0.05) is 13.1 Å². The zero-order chi connectivity index (χ0) is 18.6. The SMILES string of the molecule is Cc1c(Cl)c(C(F)(F)F)nn1CCCNC(=S)Nc1ccccc1Cl. The summed E-state index contributed by atoms with van der Waals surface area (Å²) >= 11 is 16.9. The fourth-order valence-corrected chi connectivity index (χ4v) is 2.72. The van der Waals surface area contributed by atoms with Crippen molar-refractivity contribution < 1.29 is 13.2 Å². The van der Waals surface area contributed by atoms with E-state index >= 15 is 0 Å². The van der Waals surface area contributed by atoms with E-state index in [9.17, 15) is 13.2 Å². The molecule has 1 aromatic heterocycles. The Labute approximate surface area is 158 Å². The standard InChI is InChI=1S/C15H15Cl2F3N4S/c1-9-12(17)13(15(18,19)20)23-24(9)8-4-7-21-14(25)22-11-6-3-2-5-10(11)16/h2-3,5-6H,4,7-8H2,1H3,(H2,21,22,25). The van der Waals surface area contributed by atoms with Crippen LogP contribution in [0, 0.1) is 6.92 Å². The van der Waals surface area contributed by atoms with E-state index in [2.05, 4.69) is 15.7 Å². The first-order valence-corrected chi connectivity index (χ1v) is 8.46. The molecule has 0 saturated heterocycles. The van der Waals surface area contributed by atoms with E-state index in [-0.39, 0.29) is 17.3 Å². The van der Waals surface area contributed by atoms with Gasteiger partial charge in [-0.3, -0.25) is 4.68 Å². The van der Waals surface area contributed by atoms with Crippen molar-refractivity contribution >= 4 is 46.2 Å². The Kier molecular flexibility index (Phi) is 6.53. The van der Waals surface area contributed by atoms with Crippen LogP contribution < -0.4 is 10.6 Å². The number of hydrogen-bond acceptors (Lipinski definition) is 2. The average Bonchev–Trinajstić information content (AvgIpc) is 2.82. The Bertz CT molecular complexity index is 762. The number of hydrogen-bond donors (Lipinski definition) is 2. The summed E-state index contributed by atoms with van der Waals surface area (Å²) in [4.78, 5) is 0. The topological polar surface area (TPSA) is 41.9 Å². The Morgan fingerprint density at radius 2 is 1.96 bits per heavy atom. The molecule has 0 unspecified atom stereocenters. The summed E-state index contributed by atoms with van der Waals surface area (Å²) in [6, 6.07) is 7.13. The summed E-state index contributed by atoms with van der Waals surface area (Å²) in [7, 11) is 0. The molecule has 1 heterocycles. The minimum atomic E-state index is -4.56. The zero-order valence-corrected chi connectivity index (χ0v) is 15.5. The van der Waals surface area contributed by atoms with Crippen LogP contribution in [0.4, 0.5) is 18.9 Å². The fourth-order valence-electron chi connectivity index (χ4n) is 2.08. The van der Waals surface area contributed by atoms with Crippen molar-refractivity contribution in [1.29, 1.82) is 0 Å². The molecule has 4 nitrogen and oxygen atoms in total. The van der Waals surface area contributed by atoms with Gasteiger partial charge >= 0.3 is 6.18 Å². The molecule has 2 aromatic rings. The lowest BCUT2D eigenvalue weighted by molar-refractivity contribution is -0.141. The number of alkyl halides is 3. The number of nitrogens with zero attached hydrogens (tertiary/aromatic N) is 2. The van der Waals surface area contributed by atoms with E-state index in [1.54, 1.807) is 18.2 Å². The molecule has 0 atom stereocenters. The molecule has 1 aromatic carbocycles. The molecule has 25 heavy (non-hydrogen) atoms. The van der Waals surface area contributed by atoms with Crippen LogP contribution in [0.15, 0.2) is 24.3 Å². The van der Waals surface area contributed by atoms with Gasteiger partial charge in [-0.05, 0) is 37.7 Å². The molecule has 136 valence electrons. The highest BCUT2D eigenvalue weighted by atomic mass is 35.5. The summed E-state index contributed by atoms with van der Waals surface area (Å²) in [5.41, 5.74) is -0.104. The van der Waals surface area contributed by atoms with Gasteiger partial charge in [0.15, 0.2) is 10.8 Å². The van der Waals surface area contributed by atoms with Crippen LogP contribution in [0.1, 0.15) is 17.8 Å². The molecule has 2 rings (SSSR count). The van der Waals surface area contributed by atoms with E-state index < -0.39 is 11.9 Å². The van der Waals surface area contributed by atoms with Gasteiger partial charge in [0.25, 0.3) is 0 Å². The van der Waals surface area contributed by atoms with Gasteiger partial charge < -0.3 is 10.6 Å². The van der Waals surface area contributed by atoms with E-state index in [1.807, 2.05) is 6.07 Å². The Morgan fingerprint density at radius 1 is 1.28 bits per heavy atom. The quantitative estimate of drug-likeness (QED) is 0.543. The van der Waals surface area contributed by atoms with Crippen molar-refractivity contribution in [2.24, 2.45) is 0 Å². The van der Waals surface area contributed by atoms with Crippen molar-refractivity contribution in [3.63, 3.8) is 0 Å². The number of thiocarbonyl (C=S) groups is 1. The van der Waals surface area contributed by atoms with Gasteiger partial charge in [0.05, 0.1) is 21.4 Å². The van der Waals surface area contributed by atoms with E-state index in [4.69, 9.17) is 35.4 Å². The lowest BCUT2D eigenvalue weighted by Gasteiger charge is -2.12. The van der Waals surface area contributed by atoms with Gasteiger partial charge in [-0.1, -0.05) is 35.3 Å². The molecule has 0 saturated carbocycles. The van der Waals surface area contributed by atoms with Crippen LogP contribution in [0.2, 0.25) is 10.0 Å². The number of anilines is 1. The first-order chi connectivity index (χ1) is 11.7. The molecule has 0 bridgehead atoms. The molecule has 2 N–H and O–H groups in total. The number of aromatic nitrogens is 2. The smallest absolute Gasteiger partial charge is 0.362 e. The normalized spacial score (nSPS) is 11.4. The van der Waals surface area contributed by atoms with Crippen molar-refractivity contribution in [2.75, 3.05) is 11.9 Å². The summed E-state index contributed by atoms with van der Waals surface area (Å²) in [6.07, 6.45) is -4.05. The second kappa shape index (κ2) is 8.25. The maximum Gasteiger partial charge on any atom is 0.436 e. The highest BCUT2D eigenvalue weighted by Gasteiger charge is 2.38. The average molecular weight is 411 g/mol. The lowest BCUT2D eigenvalue weighted by atomic mass is 10.3. The van der Waals surface area contributed by atoms with Crippen LogP contribution >= 0.6 is 35.4 Å². The van der Waals surface area contributed by atoms with Crippen molar-refractivity contribution in [2.45, 2.75) is 26.1 Å². The number of halogens is 5. The fraction of sp³-hybridized carbons (Fsp3) is 0.333. The number of para-hydroxylation sites is 1. The minimum absolute atomic E-state index is 0.281. The van der Waals surface area contributed by atoms with Crippen LogP contribution in [-0.4, -0.2) is 21.4 Å². The third-order valence-corrected chi connectivity index (χ3v) is 4.38. The maximum absolute atomic E-state index is 12.8. The van der Waals surface area contributed by atoms with E-state index in [0.717, 1.165) is 0 Å². The highest BCUT2D eigenvalue weighted by Crippen LogP contribution is 2.35. The molecule has 0 amide bonds. The third-order valence-electron chi connectivity index (χ3n) is 3.36. The largest absolute Gasteiger partial charge is 0.436 e. The third kappa shape index (κ3) is 5.23. The predicted octanol–water partition coefficient (Wildman–Crippen LogP) is 4.89. The second-order valence-electron chi connectivity index (χ2n) is 5.18. The molecule has 0 radical (unpaired) electrons. The summed E-state index contributed by atoms with van der Waals surface area (Å²) < 4.78 is 39.5. The van der Waals surface area contributed by atoms with Gasteiger partial charge in [-0.15, -0.1) is 0 Å². The maximum atomic E-state index is 12.8. The minimum Gasteiger partial charge on any atom is -0.362 e. The zero-order valence-electron chi connectivity index (χ0n) is 13.1. The van der Waals surface area contributed by atoms with Crippen molar-refractivity contribution in [1.82, 2.24) is 15.1 Å². The monoisotopic (exact) mass is 410 g/mol. The van der Waals surface area contributed by atoms with E-state index in [1.165, 1.54) is 11.6 Å². The van der Waals surface area contributed by atoms with Crippen LogP contribution in [-0.2, 0) is 12.7 Å². The van der Waals surface area contributed by atoms with Gasteiger partial charge in [-0.2, -0.15) is 18.3 Å². The molecule has 0 aliphatic heterocycles. The molecule has 0 fully saturated rings. The second-order valence-corrected chi connectivity index (χ2v) is 6.38. The molecule has 0 aliphatic carbocycles. The Hall–Kier alpha value is -1.51. The lowest BCUT2D eigenvalue weighted by Crippen LogP contribution is -2.30. The molecule has 10 heteroatoms. The van der Waals surface area contributed by atoms with Crippen LogP contribution in [0.25, 0.3) is 0 Å². The molecule has 0 spiro atoms. The Balaban J connectivity index is 1.84. The molecular weight excluding hydrogens is 396 g/mol. The summed E-state index contributed by atoms with van der Waals surface area (Å²) in [5.74, 6) is 0. The van der Waals surface area contributed by atoms with Crippen LogP contribution in [0.3, 0.4) is 0 Å². The van der Waals surface area contributed by atoms with Gasteiger partial charge in [0.1, 0.15) is 0 Å². The van der Waals surface area contributed by atoms with Gasteiger partial charge in [0.2, 0.25) is 0 Å². The Morgan fingerprint density at radius 3 is 2.56 bits per heavy atom. The predicted molar refractivity (Wildman–Crippen MR) is 97.3 cm³/mol. The first-order valence-electron chi connectivity index (χ1n) is 7.29. The summed E-state index contributed by atoms with van der Waals surface area (Å²) in [5, 5.41) is 10.0. The summed E-state index contributed by atoms with van der Waals surface area (Å²) in [6.45, 7) is 2.24. The first kappa shape index (κ1) is 19.8. The van der Waals surface area contributed by atoms with Gasteiger partial charge in [-0.25, -0.2) is 0 Å². The highest BCUT2D eigenvalue weighted by molar-refractivity contribution is 7.80. The number of aryl methyl sites for hydroxylation is 1. The number of benzene rings is 1. The van der Waals surface area contributed by atoms with E-state index in [0.29, 0.717) is 28.8 Å². The van der Waals surface area contributed by atoms with Crippen molar-refractivity contribution in [3.8, 4) is 0 Å². The number of nitrogens with one attached hydrogen (secondary N) is 2.